The third-order valence-electron chi connectivity index (χ3n) is 2.87. The Morgan fingerprint density at radius 1 is 1.55 bits per heavy atom. The van der Waals surface area contributed by atoms with Crippen molar-refractivity contribution in [2.45, 2.75) is 44.4 Å². The predicted molar refractivity (Wildman–Crippen MR) is 40.0 cm³/mol. The van der Waals surface area contributed by atoms with Gasteiger partial charge in [0.05, 0.1) is 12.1 Å². The van der Waals surface area contributed by atoms with Gasteiger partial charge in [0.1, 0.15) is 0 Å². The second kappa shape index (κ2) is 2.21. The lowest BCUT2D eigenvalue weighted by Gasteiger charge is -2.20. The monoisotopic (exact) mass is 155 g/mol. The van der Waals surface area contributed by atoms with Crippen LogP contribution in [0.3, 0.4) is 0 Å². The van der Waals surface area contributed by atoms with E-state index < -0.39 is 0 Å². The van der Waals surface area contributed by atoms with Crippen LogP contribution in [-0.4, -0.2) is 34.1 Å². The molecule has 2 rings (SSSR count). The molecule has 2 saturated heterocycles. The van der Waals surface area contributed by atoms with Crippen LogP contribution in [-0.2, 0) is 4.79 Å². The molecule has 0 spiro atoms. The van der Waals surface area contributed by atoms with Gasteiger partial charge in [0.15, 0.2) is 0 Å². The molecule has 0 aromatic rings. The number of nitrogens with zero attached hydrogens (tertiary/aromatic N) is 1. The highest BCUT2D eigenvalue weighted by atomic mass is 16.3. The summed E-state index contributed by atoms with van der Waals surface area (Å²) in [5.74, 6) is 0.119. The number of carbonyl (C=O) groups is 1. The molecule has 0 aromatic carbocycles. The molecular formula is C8H13NO2. The Labute approximate surface area is 66.0 Å². The SMILES string of the molecule is CC(=O)N1[C@@H]2CC[C@H]1[C@@H](O)C2. The average molecular weight is 155 g/mol. The largest absolute Gasteiger partial charge is 0.391 e. The van der Waals surface area contributed by atoms with E-state index in [2.05, 4.69) is 0 Å². The van der Waals surface area contributed by atoms with Crippen LogP contribution < -0.4 is 0 Å². The molecule has 11 heavy (non-hydrogen) atoms. The molecule has 3 nitrogen and oxygen atoms in total. The molecule has 2 fully saturated rings. The highest BCUT2D eigenvalue weighted by molar-refractivity contribution is 5.75. The van der Waals surface area contributed by atoms with Crippen LogP contribution in [0.2, 0.25) is 0 Å². The van der Waals surface area contributed by atoms with Crippen LogP contribution in [0, 0.1) is 0 Å². The molecule has 1 amide bonds. The number of hydrogen-bond acceptors (Lipinski definition) is 2. The van der Waals surface area contributed by atoms with Gasteiger partial charge < -0.3 is 10.0 Å². The van der Waals surface area contributed by atoms with Gasteiger partial charge in [0.25, 0.3) is 0 Å². The first-order valence-corrected chi connectivity index (χ1v) is 4.17. The van der Waals surface area contributed by atoms with E-state index >= 15 is 0 Å². The van der Waals surface area contributed by atoms with Crippen molar-refractivity contribution < 1.29 is 9.90 Å². The highest BCUT2D eigenvalue weighted by Gasteiger charge is 2.46. The fourth-order valence-corrected chi connectivity index (χ4v) is 2.45. The Balaban J connectivity index is 2.19. The molecule has 2 heterocycles. The van der Waals surface area contributed by atoms with Crippen molar-refractivity contribution in [3.05, 3.63) is 0 Å². The van der Waals surface area contributed by atoms with Crippen LogP contribution in [0.1, 0.15) is 26.2 Å². The van der Waals surface area contributed by atoms with Gasteiger partial charge in [-0.25, -0.2) is 0 Å². The third kappa shape index (κ3) is 0.872. The summed E-state index contributed by atoms with van der Waals surface area (Å²) < 4.78 is 0. The van der Waals surface area contributed by atoms with E-state index in [0.29, 0.717) is 6.04 Å². The summed E-state index contributed by atoms with van der Waals surface area (Å²) >= 11 is 0. The van der Waals surface area contributed by atoms with Gasteiger partial charge in [-0.3, -0.25) is 4.79 Å². The van der Waals surface area contributed by atoms with Gasteiger partial charge in [-0.05, 0) is 19.3 Å². The first-order chi connectivity index (χ1) is 5.20. The molecule has 2 aliphatic heterocycles. The zero-order chi connectivity index (χ0) is 8.01. The maximum atomic E-state index is 11.1. The molecule has 2 bridgehead atoms. The molecular weight excluding hydrogens is 142 g/mol. The zero-order valence-corrected chi connectivity index (χ0v) is 6.66. The maximum absolute atomic E-state index is 11.1. The Kier molecular flexibility index (Phi) is 1.42. The van der Waals surface area contributed by atoms with Crippen molar-refractivity contribution in [1.29, 1.82) is 0 Å². The molecule has 0 aliphatic carbocycles. The van der Waals surface area contributed by atoms with Gasteiger partial charge in [0, 0.05) is 13.0 Å². The Hall–Kier alpha value is -0.570. The number of aliphatic hydroxyl groups is 1. The van der Waals surface area contributed by atoms with Crippen LogP contribution in [0.4, 0.5) is 0 Å². The minimum atomic E-state index is -0.252. The van der Waals surface area contributed by atoms with E-state index in [9.17, 15) is 9.90 Å². The van der Waals surface area contributed by atoms with E-state index in [0.717, 1.165) is 19.3 Å². The van der Waals surface area contributed by atoms with E-state index in [4.69, 9.17) is 0 Å². The van der Waals surface area contributed by atoms with Gasteiger partial charge >= 0.3 is 0 Å². The standard InChI is InChI=1S/C8H13NO2/c1-5(10)9-6-2-3-7(9)8(11)4-6/h6-8,11H,2-4H2,1H3/t6-,7+,8+/m1/s1. The molecule has 3 heteroatoms. The van der Waals surface area contributed by atoms with Crippen molar-refractivity contribution >= 4 is 5.91 Å². The minimum absolute atomic E-state index is 0.119. The highest BCUT2D eigenvalue weighted by Crippen LogP contribution is 2.37. The maximum Gasteiger partial charge on any atom is 0.220 e. The van der Waals surface area contributed by atoms with E-state index in [1.807, 2.05) is 4.90 Å². The second-order valence-corrected chi connectivity index (χ2v) is 3.53. The number of rotatable bonds is 0. The summed E-state index contributed by atoms with van der Waals surface area (Å²) in [6.07, 6.45) is 2.62. The van der Waals surface area contributed by atoms with Crippen LogP contribution >= 0.6 is 0 Å². The van der Waals surface area contributed by atoms with E-state index in [-0.39, 0.29) is 18.1 Å². The van der Waals surface area contributed by atoms with Gasteiger partial charge in [-0.1, -0.05) is 0 Å². The number of fused-ring (bicyclic) bond motifs is 2. The minimum Gasteiger partial charge on any atom is -0.391 e. The van der Waals surface area contributed by atoms with Gasteiger partial charge in [-0.15, -0.1) is 0 Å². The van der Waals surface area contributed by atoms with Crippen molar-refractivity contribution in [2.24, 2.45) is 0 Å². The second-order valence-electron chi connectivity index (χ2n) is 3.53. The van der Waals surface area contributed by atoms with E-state index in [1.54, 1.807) is 6.92 Å². The fourth-order valence-electron chi connectivity index (χ4n) is 2.45. The molecule has 0 radical (unpaired) electrons. The lowest BCUT2D eigenvalue weighted by molar-refractivity contribution is -0.130. The van der Waals surface area contributed by atoms with Crippen molar-refractivity contribution in [1.82, 2.24) is 4.90 Å². The summed E-state index contributed by atoms with van der Waals surface area (Å²) in [5, 5.41) is 9.44. The Morgan fingerprint density at radius 2 is 2.27 bits per heavy atom. The Bertz CT molecular complexity index is 193. The van der Waals surface area contributed by atoms with Crippen molar-refractivity contribution in [3.63, 3.8) is 0 Å². The average Bonchev–Trinajstić information content (AvgIpc) is 2.41. The molecule has 2 aliphatic rings. The number of hydrogen-bond donors (Lipinski definition) is 1. The Morgan fingerprint density at radius 3 is 2.55 bits per heavy atom. The van der Waals surface area contributed by atoms with Crippen LogP contribution in [0.15, 0.2) is 0 Å². The third-order valence-corrected chi connectivity index (χ3v) is 2.87. The smallest absolute Gasteiger partial charge is 0.220 e. The molecule has 62 valence electrons. The van der Waals surface area contributed by atoms with Crippen LogP contribution in [0.25, 0.3) is 0 Å². The molecule has 3 atom stereocenters. The lowest BCUT2D eigenvalue weighted by atomic mass is 9.98. The van der Waals surface area contributed by atoms with Crippen molar-refractivity contribution in [2.75, 3.05) is 0 Å². The first kappa shape index (κ1) is 7.10. The summed E-state index contributed by atoms with van der Waals surface area (Å²) in [6.45, 7) is 1.59. The van der Waals surface area contributed by atoms with Crippen molar-refractivity contribution in [3.8, 4) is 0 Å². The molecule has 0 aromatic heterocycles. The number of aliphatic hydroxyl groups excluding tert-OH is 1. The first-order valence-electron chi connectivity index (χ1n) is 4.17. The molecule has 1 N–H and O–H groups in total. The van der Waals surface area contributed by atoms with Gasteiger partial charge in [0.2, 0.25) is 5.91 Å². The van der Waals surface area contributed by atoms with Gasteiger partial charge in [-0.2, -0.15) is 0 Å². The number of carbonyl (C=O) groups excluding carboxylic acids is 1. The van der Waals surface area contributed by atoms with Crippen LogP contribution in [0.5, 0.6) is 0 Å². The topological polar surface area (TPSA) is 40.5 Å². The molecule has 0 unspecified atom stereocenters. The summed E-state index contributed by atoms with van der Waals surface area (Å²) in [6, 6.07) is 0.477. The summed E-state index contributed by atoms with van der Waals surface area (Å²) in [5.41, 5.74) is 0. The predicted octanol–water partition coefficient (Wildman–Crippen LogP) is 0.130. The zero-order valence-electron chi connectivity index (χ0n) is 6.66. The molecule has 0 saturated carbocycles. The normalized spacial score (nSPS) is 41.6. The quantitative estimate of drug-likeness (QED) is 0.540. The fraction of sp³-hybridized carbons (Fsp3) is 0.875. The number of amides is 1. The summed E-state index contributed by atoms with van der Waals surface area (Å²) in [4.78, 5) is 12.9. The van der Waals surface area contributed by atoms with E-state index in [1.165, 1.54) is 0 Å². The summed E-state index contributed by atoms with van der Waals surface area (Å²) in [7, 11) is 0. The lowest BCUT2D eigenvalue weighted by Crippen LogP contribution is -2.35.